The van der Waals surface area contributed by atoms with E-state index in [9.17, 15) is 23.7 Å². The quantitative estimate of drug-likeness (QED) is 0.0727. The molecule has 2 N–H and O–H groups in total. The molecule has 1 atom stereocenters. The number of para-hydroxylation sites is 1. The Hall–Kier alpha value is -4.58. The monoisotopic (exact) mass is 821 g/mol. The van der Waals surface area contributed by atoms with E-state index in [2.05, 4.69) is 33.1 Å². The molecule has 0 saturated carbocycles. The van der Waals surface area contributed by atoms with Crippen molar-refractivity contribution in [3.05, 3.63) is 95.1 Å². The second kappa shape index (κ2) is 24.2. The van der Waals surface area contributed by atoms with Gasteiger partial charge >= 0.3 is 7.52 Å². The first-order valence-electron chi connectivity index (χ1n) is 19.6. The van der Waals surface area contributed by atoms with E-state index in [4.69, 9.17) is 4.52 Å². The van der Waals surface area contributed by atoms with E-state index in [0.29, 0.717) is 35.5 Å². The SMILES string of the molecule is CCCCC(=O)N1CCCC1.CCCOC=O.CNC(=O)c1cc2cc(CP(=O)(NC(C)(C)C)Oc3ccccc3)ccc2s1.O=CN1CC(c2cccnc2)C1. The number of pyridine rings is 1. The molecule has 4 heterocycles. The molecule has 2 fully saturated rings. The van der Waals surface area contributed by atoms with Crippen LogP contribution >= 0.6 is 18.9 Å². The molecular weight excluding hydrogens is 762 g/mol. The third kappa shape index (κ3) is 16.8. The van der Waals surface area contributed by atoms with Gasteiger partial charge < -0.3 is 24.4 Å². The number of benzene rings is 2. The zero-order chi connectivity index (χ0) is 41.7. The molecule has 2 aromatic heterocycles. The summed E-state index contributed by atoms with van der Waals surface area (Å²) in [6.07, 6.45) is 11.0. The maximum absolute atomic E-state index is 13.7. The maximum atomic E-state index is 13.7. The largest absolute Gasteiger partial charge is 0.468 e. The van der Waals surface area contributed by atoms with Crippen molar-refractivity contribution in [1.82, 2.24) is 25.2 Å². The Kier molecular flexibility index (Phi) is 19.9. The normalized spacial score (nSPS) is 14.6. The standard InChI is InChI=1S/C21H25N2O3PS.C9H10N2O.C9H17NO.C4H8O2/c1-21(2,3)23-27(25,26-17-8-6-5-7-9-17)14-15-10-11-18-16(12-15)13-19(28-18)20(24)22-4;12-7-11-5-9(6-11)8-2-1-3-10-4-8;1-2-3-6-9(11)10-7-4-5-8-10;1-2-3-6-4-5/h5-13H,14H2,1-4H3,(H,22,24)(H,23,25);1-4,7,9H,5-6H2;2-8H2,1H3;4H,2-3H2,1H3. The zero-order valence-corrected chi connectivity index (χ0v) is 36.0. The van der Waals surface area contributed by atoms with Crippen LogP contribution < -0.4 is 14.9 Å². The Labute approximate surface area is 342 Å². The molecule has 6 rings (SSSR count). The molecule has 0 bridgehead atoms. The van der Waals surface area contributed by atoms with E-state index in [0.717, 1.165) is 73.9 Å². The Morgan fingerprint density at radius 2 is 1.70 bits per heavy atom. The van der Waals surface area contributed by atoms with Gasteiger partial charge in [-0.05, 0) is 99.4 Å². The molecule has 0 radical (unpaired) electrons. The summed E-state index contributed by atoms with van der Waals surface area (Å²) < 4.78 is 24.9. The Morgan fingerprint density at radius 3 is 2.26 bits per heavy atom. The fraction of sp³-hybridized carbons (Fsp3) is 0.465. The average Bonchev–Trinajstić information content (AvgIpc) is 3.87. The second-order valence-corrected chi connectivity index (χ2v) is 18.0. The van der Waals surface area contributed by atoms with Crippen molar-refractivity contribution in [2.24, 2.45) is 0 Å². The van der Waals surface area contributed by atoms with Gasteiger partial charge in [-0.1, -0.05) is 50.6 Å². The lowest BCUT2D eigenvalue weighted by Crippen LogP contribution is -2.43. The lowest BCUT2D eigenvalue weighted by Gasteiger charge is -2.36. The van der Waals surface area contributed by atoms with Crippen LogP contribution in [0.2, 0.25) is 0 Å². The minimum Gasteiger partial charge on any atom is -0.468 e. The maximum Gasteiger partial charge on any atom is 0.321 e. The molecule has 57 heavy (non-hydrogen) atoms. The van der Waals surface area contributed by atoms with Crippen LogP contribution in [0, 0.1) is 0 Å². The summed E-state index contributed by atoms with van der Waals surface area (Å²) in [5.41, 5.74) is 1.75. The number of likely N-dealkylation sites (tertiary alicyclic amines) is 2. The van der Waals surface area contributed by atoms with Crippen LogP contribution in [0.3, 0.4) is 0 Å². The van der Waals surface area contributed by atoms with Crippen LogP contribution in [0.15, 0.2) is 79.1 Å². The third-order valence-corrected chi connectivity index (χ3v) is 12.1. The molecule has 1 unspecified atom stereocenters. The molecule has 2 saturated heterocycles. The van der Waals surface area contributed by atoms with Crippen LogP contribution in [0.4, 0.5) is 0 Å². The summed E-state index contributed by atoms with van der Waals surface area (Å²) in [7, 11) is -1.59. The first kappa shape index (κ1) is 46.8. The van der Waals surface area contributed by atoms with Gasteiger partial charge in [-0.15, -0.1) is 11.3 Å². The second-order valence-electron chi connectivity index (χ2n) is 14.9. The minimum absolute atomic E-state index is 0.102. The Balaban J connectivity index is 0.000000245. The van der Waals surface area contributed by atoms with E-state index in [1.165, 1.54) is 29.7 Å². The van der Waals surface area contributed by atoms with Crippen molar-refractivity contribution >= 4 is 53.6 Å². The summed E-state index contributed by atoms with van der Waals surface area (Å²) in [6, 6.07) is 20.9. The number of fused-ring (bicyclic) bond motifs is 1. The summed E-state index contributed by atoms with van der Waals surface area (Å²) in [5.74, 6) is 1.34. The van der Waals surface area contributed by atoms with Gasteiger partial charge in [0.1, 0.15) is 5.75 Å². The predicted octanol–water partition coefficient (Wildman–Crippen LogP) is 8.43. The molecule has 4 aromatic rings. The van der Waals surface area contributed by atoms with Gasteiger partial charge in [0.15, 0.2) is 0 Å². The van der Waals surface area contributed by atoms with Gasteiger partial charge in [0, 0.05) is 68.2 Å². The van der Waals surface area contributed by atoms with Gasteiger partial charge in [-0.3, -0.25) is 28.7 Å². The van der Waals surface area contributed by atoms with Gasteiger partial charge in [-0.25, -0.2) is 5.09 Å². The molecule has 12 nitrogen and oxygen atoms in total. The smallest absolute Gasteiger partial charge is 0.321 e. The van der Waals surface area contributed by atoms with Crippen LogP contribution in [0.5, 0.6) is 5.75 Å². The highest BCUT2D eigenvalue weighted by molar-refractivity contribution is 7.56. The van der Waals surface area contributed by atoms with E-state index in [1.54, 1.807) is 30.3 Å². The van der Waals surface area contributed by atoms with Crippen molar-refractivity contribution in [3.63, 3.8) is 0 Å². The van der Waals surface area contributed by atoms with Crippen LogP contribution in [0.25, 0.3) is 10.1 Å². The first-order chi connectivity index (χ1) is 27.3. The van der Waals surface area contributed by atoms with E-state index in [-0.39, 0.29) is 17.6 Å². The van der Waals surface area contributed by atoms with E-state index < -0.39 is 7.52 Å². The highest BCUT2D eigenvalue weighted by atomic mass is 32.1. The van der Waals surface area contributed by atoms with Crippen molar-refractivity contribution in [2.75, 3.05) is 39.8 Å². The van der Waals surface area contributed by atoms with Crippen molar-refractivity contribution in [1.29, 1.82) is 0 Å². The number of ether oxygens (including phenoxy) is 1. The predicted molar refractivity (Wildman–Crippen MR) is 229 cm³/mol. The van der Waals surface area contributed by atoms with Gasteiger partial charge in [0.25, 0.3) is 12.4 Å². The Morgan fingerprint density at radius 1 is 0.982 bits per heavy atom. The lowest BCUT2D eigenvalue weighted by atomic mass is 9.94. The van der Waals surface area contributed by atoms with Crippen LogP contribution in [0.1, 0.15) is 99.9 Å². The molecule has 3 amide bonds. The number of carbonyl (C=O) groups excluding carboxylic acids is 4. The summed E-state index contributed by atoms with van der Waals surface area (Å²) in [6.45, 7) is 14.7. The molecule has 2 aliphatic rings. The summed E-state index contributed by atoms with van der Waals surface area (Å²) in [4.78, 5) is 51.3. The lowest BCUT2D eigenvalue weighted by molar-refractivity contribution is -0.130. The minimum atomic E-state index is -3.21. The van der Waals surface area contributed by atoms with Gasteiger partial charge in [0.05, 0.1) is 17.6 Å². The molecule has 2 aliphatic heterocycles. The fourth-order valence-corrected chi connectivity index (χ4v) is 9.31. The molecular formula is C43H60N5O7PS. The fourth-order valence-electron chi connectivity index (χ4n) is 5.97. The zero-order valence-electron chi connectivity index (χ0n) is 34.3. The summed E-state index contributed by atoms with van der Waals surface area (Å²) >= 11 is 1.44. The number of nitrogens with one attached hydrogen (secondary N) is 2. The third-order valence-electron chi connectivity index (χ3n) is 8.73. The number of rotatable bonds is 14. The number of thiophene rings is 1. The van der Waals surface area contributed by atoms with Gasteiger partial charge in [-0.2, -0.15) is 0 Å². The van der Waals surface area contributed by atoms with Crippen molar-refractivity contribution in [3.8, 4) is 5.75 Å². The number of hydrogen-bond donors (Lipinski definition) is 2. The topological polar surface area (TPSA) is 147 Å². The van der Waals surface area contributed by atoms with Gasteiger partial charge in [0.2, 0.25) is 12.3 Å². The van der Waals surface area contributed by atoms with E-state index >= 15 is 0 Å². The highest BCUT2D eigenvalue weighted by Crippen LogP contribution is 2.48. The number of nitrogens with zero attached hydrogens (tertiary/aromatic N) is 3. The number of unbranched alkanes of at least 4 members (excludes halogenated alkanes) is 1. The number of hydrogen-bond acceptors (Lipinski definition) is 9. The number of aromatic nitrogens is 1. The van der Waals surface area contributed by atoms with Crippen molar-refractivity contribution < 1.29 is 33.0 Å². The average molecular weight is 822 g/mol. The van der Waals surface area contributed by atoms with Crippen LogP contribution in [-0.4, -0.2) is 84.9 Å². The molecule has 14 heteroatoms. The summed E-state index contributed by atoms with van der Waals surface area (Å²) in [5, 5.41) is 6.79. The molecule has 310 valence electrons. The van der Waals surface area contributed by atoms with Crippen molar-refractivity contribution in [2.45, 2.75) is 90.8 Å². The molecule has 2 aromatic carbocycles. The molecule has 0 spiro atoms. The Bertz CT molecular complexity index is 1860. The highest BCUT2D eigenvalue weighted by Gasteiger charge is 2.31. The first-order valence-corrected chi connectivity index (χ1v) is 22.3. The van der Waals surface area contributed by atoms with Crippen LogP contribution in [-0.2, 0) is 29.8 Å². The number of carbonyl (C=O) groups is 4. The number of amides is 3. The molecule has 0 aliphatic carbocycles. The van der Waals surface area contributed by atoms with E-state index in [1.807, 2.05) is 87.3 Å².